The molecule has 7 nitrogen and oxygen atoms in total. The van der Waals surface area contributed by atoms with E-state index >= 15 is 0 Å². The number of ether oxygens (including phenoxy) is 2. The summed E-state index contributed by atoms with van der Waals surface area (Å²) in [6, 6.07) is 39.6. The molecule has 5 aromatic rings. The summed E-state index contributed by atoms with van der Waals surface area (Å²) in [5.74, 6) is 0. The van der Waals surface area contributed by atoms with Crippen molar-refractivity contribution >= 4 is 16.8 Å². The van der Waals surface area contributed by atoms with Gasteiger partial charge in [0.15, 0.2) is 6.29 Å². The molecule has 2 amide bonds. The summed E-state index contributed by atoms with van der Waals surface area (Å²) in [5, 5.41) is 17.8. The maximum absolute atomic E-state index is 12.0. The molecule has 0 spiro atoms. The summed E-state index contributed by atoms with van der Waals surface area (Å²) in [5.41, 5.74) is 7.32. The number of carbonyl (C=O) groups is 1. The Hall–Kier alpha value is -4.53. The van der Waals surface area contributed by atoms with Gasteiger partial charge in [-0.3, -0.25) is 4.90 Å². The van der Waals surface area contributed by atoms with Gasteiger partial charge in [-0.2, -0.15) is 0 Å². The van der Waals surface area contributed by atoms with Crippen LogP contribution in [0.1, 0.15) is 66.5 Å². The first kappa shape index (κ1) is 33.4. The molecule has 0 radical (unpaired) electrons. The molecule has 248 valence electrons. The third-order valence-electron chi connectivity index (χ3n) is 9.31. The molecule has 4 unspecified atom stereocenters. The van der Waals surface area contributed by atoms with Gasteiger partial charge in [-0.1, -0.05) is 109 Å². The van der Waals surface area contributed by atoms with E-state index in [0.29, 0.717) is 19.5 Å². The van der Waals surface area contributed by atoms with Crippen LogP contribution >= 0.6 is 0 Å². The van der Waals surface area contributed by atoms with Gasteiger partial charge in [0, 0.05) is 37.7 Å². The van der Waals surface area contributed by atoms with Crippen LogP contribution in [0.5, 0.6) is 0 Å². The van der Waals surface area contributed by atoms with Gasteiger partial charge in [0.25, 0.3) is 0 Å². The number of nitrogens with one attached hydrogen (secondary N) is 2. The first-order chi connectivity index (χ1) is 23.4. The van der Waals surface area contributed by atoms with Gasteiger partial charge in [0.2, 0.25) is 0 Å². The number of benzene rings is 5. The van der Waals surface area contributed by atoms with E-state index in [9.17, 15) is 9.90 Å². The summed E-state index contributed by atoms with van der Waals surface area (Å²) >= 11 is 0. The van der Waals surface area contributed by atoms with Crippen LogP contribution in [0.25, 0.3) is 21.9 Å². The molecule has 0 bridgehead atoms. The Morgan fingerprint density at radius 3 is 2.31 bits per heavy atom. The topological polar surface area (TPSA) is 83.1 Å². The second-order valence-electron chi connectivity index (χ2n) is 12.6. The highest BCUT2D eigenvalue weighted by atomic mass is 16.7. The molecule has 7 heteroatoms. The number of hydrogen-bond acceptors (Lipinski definition) is 5. The second-order valence-corrected chi connectivity index (χ2v) is 12.6. The maximum atomic E-state index is 12.0. The molecular formula is C41H45N3O4. The van der Waals surface area contributed by atoms with Crippen LogP contribution in [0, 0.1) is 0 Å². The number of nitrogens with zero attached hydrogens (tertiary/aromatic N) is 1. The lowest BCUT2D eigenvalue weighted by Crippen LogP contribution is -2.38. The number of amides is 2. The number of carbonyl (C=O) groups excluding carboxylic acids is 1. The minimum atomic E-state index is -0.542. The van der Waals surface area contributed by atoms with Crippen LogP contribution in [0.3, 0.4) is 0 Å². The standard InChI is InChI=1S/C41H45N3O4/c1-4-42-41(46)43-25-36-11-7-8-12-38(36)31-18-20-33(21-19-31)40-47-37(24-39(48-40)32-15-13-29(27-45)14-16-32)26-44(3)28(2)34-22-17-30-9-5-6-10-35(30)23-34/h5-23,28,37,39-40,45H,4,24-27H2,1-3H3,(H2,42,43,46). The van der Waals surface area contributed by atoms with Crippen molar-refractivity contribution in [2.45, 2.75) is 58.0 Å². The summed E-state index contributed by atoms with van der Waals surface area (Å²) in [4.78, 5) is 14.4. The number of rotatable bonds is 11. The molecular weight excluding hydrogens is 598 g/mol. The van der Waals surface area contributed by atoms with Gasteiger partial charge in [-0.05, 0) is 71.1 Å². The Morgan fingerprint density at radius 1 is 0.854 bits per heavy atom. The number of hydrogen-bond donors (Lipinski definition) is 3. The molecule has 3 N–H and O–H groups in total. The quantitative estimate of drug-likeness (QED) is 0.136. The van der Waals surface area contributed by atoms with E-state index in [1.165, 1.54) is 16.3 Å². The van der Waals surface area contributed by atoms with Gasteiger partial charge >= 0.3 is 6.03 Å². The number of aliphatic hydroxyl groups is 1. The molecule has 4 atom stereocenters. The average molecular weight is 644 g/mol. The predicted octanol–water partition coefficient (Wildman–Crippen LogP) is 8.06. The smallest absolute Gasteiger partial charge is 0.315 e. The molecule has 1 saturated heterocycles. The molecule has 5 aromatic carbocycles. The first-order valence-electron chi connectivity index (χ1n) is 16.8. The van der Waals surface area contributed by atoms with Crippen molar-refractivity contribution in [2.24, 2.45) is 0 Å². The monoisotopic (exact) mass is 643 g/mol. The molecule has 0 aliphatic carbocycles. The maximum Gasteiger partial charge on any atom is 0.315 e. The van der Waals surface area contributed by atoms with Crippen LogP contribution in [-0.4, -0.2) is 42.3 Å². The van der Waals surface area contributed by atoms with E-state index in [4.69, 9.17) is 9.47 Å². The Bertz CT molecular complexity index is 1810. The van der Waals surface area contributed by atoms with Crippen LogP contribution < -0.4 is 10.6 Å². The van der Waals surface area contributed by atoms with Crippen LogP contribution in [-0.2, 0) is 22.6 Å². The Balaban J connectivity index is 1.21. The number of aliphatic hydroxyl groups excluding tert-OH is 1. The minimum absolute atomic E-state index is 0.00902. The lowest BCUT2D eigenvalue weighted by molar-refractivity contribution is -0.253. The Labute approximate surface area is 283 Å². The van der Waals surface area contributed by atoms with E-state index in [-0.39, 0.29) is 30.9 Å². The van der Waals surface area contributed by atoms with Crippen LogP contribution in [0.2, 0.25) is 0 Å². The molecule has 0 saturated carbocycles. The van der Waals surface area contributed by atoms with Gasteiger partial charge in [-0.25, -0.2) is 4.79 Å². The number of fused-ring (bicyclic) bond motifs is 1. The molecule has 1 fully saturated rings. The van der Waals surface area contributed by atoms with Gasteiger partial charge in [0.1, 0.15) is 0 Å². The summed E-state index contributed by atoms with van der Waals surface area (Å²) < 4.78 is 13.3. The zero-order chi connectivity index (χ0) is 33.5. The summed E-state index contributed by atoms with van der Waals surface area (Å²) in [6.07, 6.45) is -0.0562. The van der Waals surface area contributed by atoms with E-state index in [0.717, 1.165) is 39.9 Å². The van der Waals surface area contributed by atoms with Crippen molar-refractivity contribution < 1.29 is 19.4 Å². The lowest BCUT2D eigenvalue weighted by atomic mass is 9.97. The van der Waals surface area contributed by atoms with Crippen molar-refractivity contribution in [3.05, 3.63) is 143 Å². The van der Waals surface area contributed by atoms with Crippen molar-refractivity contribution in [1.29, 1.82) is 0 Å². The highest BCUT2D eigenvalue weighted by Crippen LogP contribution is 2.39. The lowest BCUT2D eigenvalue weighted by Gasteiger charge is -2.39. The fraction of sp³-hybridized carbons (Fsp3) is 0.293. The largest absolute Gasteiger partial charge is 0.392 e. The second kappa shape index (κ2) is 15.6. The van der Waals surface area contributed by atoms with Crippen molar-refractivity contribution in [2.75, 3.05) is 20.1 Å². The van der Waals surface area contributed by atoms with Crippen molar-refractivity contribution in [1.82, 2.24) is 15.5 Å². The van der Waals surface area contributed by atoms with Crippen molar-refractivity contribution in [3.63, 3.8) is 0 Å². The third-order valence-corrected chi connectivity index (χ3v) is 9.31. The highest BCUT2D eigenvalue weighted by Gasteiger charge is 2.33. The number of likely N-dealkylation sites (N-methyl/N-ethyl adjacent to an activating group) is 1. The summed E-state index contributed by atoms with van der Waals surface area (Å²) in [6.45, 7) is 5.90. The van der Waals surface area contributed by atoms with E-state index in [1.807, 2.05) is 49.4 Å². The molecule has 1 aliphatic heterocycles. The van der Waals surface area contributed by atoms with E-state index < -0.39 is 6.29 Å². The fourth-order valence-electron chi connectivity index (χ4n) is 6.41. The molecule has 1 heterocycles. The molecule has 48 heavy (non-hydrogen) atoms. The Kier molecular flexibility index (Phi) is 10.8. The Morgan fingerprint density at radius 2 is 1.56 bits per heavy atom. The van der Waals surface area contributed by atoms with Crippen LogP contribution in [0.15, 0.2) is 115 Å². The molecule has 0 aromatic heterocycles. The van der Waals surface area contributed by atoms with Gasteiger partial charge in [0.05, 0.1) is 18.8 Å². The van der Waals surface area contributed by atoms with Gasteiger partial charge < -0.3 is 25.2 Å². The van der Waals surface area contributed by atoms with E-state index in [1.54, 1.807) is 0 Å². The fourth-order valence-corrected chi connectivity index (χ4v) is 6.41. The zero-order valence-corrected chi connectivity index (χ0v) is 27.9. The summed E-state index contributed by atoms with van der Waals surface area (Å²) in [7, 11) is 2.16. The predicted molar refractivity (Wildman–Crippen MR) is 191 cm³/mol. The minimum Gasteiger partial charge on any atom is -0.392 e. The first-order valence-corrected chi connectivity index (χ1v) is 16.8. The molecule has 1 aliphatic rings. The highest BCUT2D eigenvalue weighted by molar-refractivity contribution is 5.83. The zero-order valence-electron chi connectivity index (χ0n) is 27.9. The average Bonchev–Trinajstić information content (AvgIpc) is 3.13. The van der Waals surface area contributed by atoms with Gasteiger partial charge in [-0.15, -0.1) is 0 Å². The van der Waals surface area contributed by atoms with Crippen LogP contribution in [0.4, 0.5) is 4.79 Å². The number of urea groups is 1. The normalized spacial score (nSPS) is 18.5. The van der Waals surface area contributed by atoms with Crippen molar-refractivity contribution in [3.8, 4) is 11.1 Å². The van der Waals surface area contributed by atoms with E-state index in [2.05, 4.69) is 102 Å². The third kappa shape index (κ3) is 7.94. The molecule has 6 rings (SSSR count). The SMILES string of the molecule is CCNC(=O)NCc1ccccc1-c1ccc(C2OC(CN(C)C(C)c3ccc4ccccc4c3)CC(c3ccc(CO)cc3)O2)cc1.